The first-order chi connectivity index (χ1) is 6.07. The Morgan fingerprint density at radius 3 is 2.31 bits per heavy atom. The zero-order valence-electron chi connectivity index (χ0n) is 9.43. The maximum atomic E-state index is 5.21. The molecule has 0 heterocycles. The van der Waals surface area contributed by atoms with E-state index in [0.29, 0.717) is 12.1 Å². The fourth-order valence-corrected chi connectivity index (χ4v) is 1.47. The van der Waals surface area contributed by atoms with Gasteiger partial charge in [-0.25, -0.2) is 0 Å². The molecule has 0 aliphatic heterocycles. The fourth-order valence-electron chi connectivity index (χ4n) is 1.47. The van der Waals surface area contributed by atoms with Crippen LogP contribution in [-0.4, -0.2) is 12.1 Å². The van der Waals surface area contributed by atoms with Crippen molar-refractivity contribution in [2.75, 3.05) is 0 Å². The van der Waals surface area contributed by atoms with Gasteiger partial charge in [-0.2, -0.15) is 0 Å². The highest BCUT2D eigenvalue weighted by Crippen LogP contribution is 2.12. The van der Waals surface area contributed by atoms with E-state index in [9.17, 15) is 0 Å². The van der Waals surface area contributed by atoms with Crippen LogP contribution >= 0.6 is 0 Å². The Morgan fingerprint density at radius 1 is 1.23 bits per heavy atom. The molecule has 1 nitrogen and oxygen atoms in total. The van der Waals surface area contributed by atoms with Crippen molar-refractivity contribution in [1.29, 1.82) is 0 Å². The lowest BCUT2D eigenvalue weighted by Crippen LogP contribution is -2.36. The van der Waals surface area contributed by atoms with E-state index in [1.54, 1.807) is 0 Å². The minimum atomic E-state index is 0.574. The van der Waals surface area contributed by atoms with Crippen LogP contribution < -0.4 is 5.32 Å². The highest BCUT2D eigenvalue weighted by atomic mass is 14.9. The van der Waals surface area contributed by atoms with Crippen LogP contribution in [0, 0.1) is 18.3 Å². The zero-order valence-corrected chi connectivity index (χ0v) is 9.43. The van der Waals surface area contributed by atoms with Gasteiger partial charge in [0.1, 0.15) is 0 Å². The van der Waals surface area contributed by atoms with Crippen LogP contribution in [0.2, 0.25) is 0 Å². The number of terminal acetylenes is 1. The van der Waals surface area contributed by atoms with Crippen molar-refractivity contribution in [3.63, 3.8) is 0 Å². The van der Waals surface area contributed by atoms with Crippen LogP contribution in [0.15, 0.2) is 0 Å². The first kappa shape index (κ1) is 12.5. The molecule has 0 aliphatic rings. The van der Waals surface area contributed by atoms with E-state index in [1.807, 2.05) is 0 Å². The second-order valence-electron chi connectivity index (χ2n) is 4.18. The highest BCUT2D eigenvalue weighted by Gasteiger charge is 2.11. The minimum absolute atomic E-state index is 0.574. The Labute approximate surface area is 83.3 Å². The van der Waals surface area contributed by atoms with Crippen molar-refractivity contribution >= 4 is 0 Å². The third-order valence-electron chi connectivity index (χ3n) is 2.43. The maximum Gasteiger partial charge on any atom is 0.00861 e. The van der Waals surface area contributed by atoms with Crippen molar-refractivity contribution in [3.8, 4) is 12.3 Å². The monoisotopic (exact) mass is 181 g/mol. The molecule has 0 aliphatic carbocycles. The smallest absolute Gasteiger partial charge is 0.00861 e. The van der Waals surface area contributed by atoms with Gasteiger partial charge in [0.15, 0.2) is 0 Å². The van der Waals surface area contributed by atoms with Crippen LogP contribution in [0.3, 0.4) is 0 Å². The van der Waals surface area contributed by atoms with Gasteiger partial charge in [-0.15, -0.1) is 12.3 Å². The van der Waals surface area contributed by atoms with Crippen LogP contribution in [0.5, 0.6) is 0 Å². The molecule has 0 rings (SSSR count). The Hall–Kier alpha value is -0.480. The quantitative estimate of drug-likeness (QED) is 0.491. The second kappa shape index (κ2) is 6.97. The topological polar surface area (TPSA) is 12.0 Å². The lowest BCUT2D eigenvalue weighted by molar-refractivity contribution is 0.351. The molecule has 0 spiro atoms. The lowest BCUT2D eigenvalue weighted by Gasteiger charge is -2.23. The van der Waals surface area contributed by atoms with Gasteiger partial charge < -0.3 is 5.32 Å². The number of nitrogens with one attached hydrogen (secondary N) is 1. The van der Waals surface area contributed by atoms with Crippen molar-refractivity contribution in [2.24, 2.45) is 5.92 Å². The highest BCUT2D eigenvalue weighted by molar-refractivity contribution is 4.83. The molecule has 0 bridgehead atoms. The van der Waals surface area contributed by atoms with E-state index in [-0.39, 0.29) is 0 Å². The van der Waals surface area contributed by atoms with Crippen molar-refractivity contribution in [3.05, 3.63) is 0 Å². The van der Waals surface area contributed by atoms with Crippen molar-refractivity contribution in [2.45, 2.75) is 59.0 Å². The molecule has 0 aromatic rings. The van der Waals surface area contributed by atoms with Gasteiger partial charge in [-0.05, 0) is 25.7 Å². The molecular weight excluding hydrogens is 158 g/mol. The van der Waals surface area contributed by atoms with Crippen LogP contribution in [0.4, 0.5) is 0 Å². The van der Waals surface area contributed by atoms with Crippen molar-refractivity contribution in [1.82, 2.24) is 5.32 Å². The van der Waals surface area contributed by atoms with Gasteiger partial charge in [0.2, 0.25) is 0 Å². The Balaban J connectivity index is 3.57. The largest absolute Gasteiger partial charge is 0.312 e. The normalized spacial score (nSPS) is 15.4. The molecule has 0 amide bonds. The van der Waals surface area contributed by atoms with Gasteiger partial charge >= 0.3 is 0 Å². The van der Waals surface area contributed by atoms with E-state index in [1.165, 1.54) is 6.42 Å². The standard InChI is InChI=1S/C12H23N/c1-6-7-8-9-11(4)12(5)13-10(2)3/h1,10-13H,7-9H2,2-5H3. The number of unbranched alkanes of at least 4 members (excludes halogenated alkanes) is 1. The van der Waals surface area contributed by atoms with Gasteiger partial charge in [-0.1, -0.05) is 20.8 Å². The number of hydrogen-bond donors (Lipinski definition) is 1. The van der Waals surface area contributed by atoms with E-state index >= 15 is 0 Å². The lowest BCUT2D eigenvalue weighted by atomic mass is 9.96. The van der Waals surface area contributed by atoms with E-state index in [2.05, 4.69) is 38.9 Å². The molecule has 76 valence electrons. The summed E-state index contributed by atoms with van der Waals surface area (Å²) in [5.41, 5.74) is 0. The Morgan fingerprint density at radius 2 is 1.85 bits per heavy atom. The fraction of sp³-hybridized carbons (Fsp3) is 0.833. The summed E-state index contributed by atoms with van der Waals surface area (Å²) in [6.45, 7) is 8.91. The first-order valence-corrected chi connectivity index (χ1v) is 5.27. The molecule has 13 heavy (non-hydrogen) atoms. The predicted molar refractivity (Wildman–Crippen MR) is 59.6 cm³/mol. The van der Waals surface area contributed by atoms with Gasteiger partial charge in [0, 0.05) is 18.5 Å². The molecule has 2 atom stereocenters. The van der Waals surface area contributed by atoms with Crippen LogP contribution in [-0.2, 0) is 0 Å². The van der Waals surface area contributed by atoms with E-state index < -0.39 is 0 Å². The van der Waals surface area contributed by atoms with Gasteiger partial charge in [0.25, 0.3) is 0 Å². The van der Waals surface area contributed by atoms with E-state index in [4.69, 9.17) is 6.42 Å². The predicted octanol–water partition coefficient (Wildman–Crippen LogP) is 2.81. The molecule has 0 saturated heterocycles. The third kappa shape index (κ3) is 6.66. The number of hydrogen-bond acceptors (Lipinski definition) is 1. The summed E-state index contributed by atoms with van der Waals surface area (Å²) in [5, 5.41) is 3.52. The molecule has 0 radical (unpaired) electrons. The maximum absolute atomic E-state index is 5.21. The van der Waals surface area contributed by atoms with Crippen LogP contribution in [0.25, 0.3) is 0 Å². The van der Waals surface area contributed by atoms with E-state index in [0.717, 1.165) is 18.8 Å². The van der Waals surface area contributed by atoms with Crippen LogP contribution in [0.1, 0.15) is 47.0 Å². The summed E-state index contributed by atoms with van der Waals surface area (Å²) in [4.78, 5) is 0. The zero-order chi connectivity index (χ0) is 10.3. The molecule has 2 unspecified atom stereocenters. The molecular formula is C12H23N. The molecule has 0 aromatic carbocycles. The molecule has 0 fully saturated rings. The average molecular weight is 181 g/mol. The first-order valence-electron chi connectivity index (χ1n) is 5.27. The summed E-state index contributed by atoms with van der Waals surface area (Å²) in [6, 6.07) is 1.17. The van der Waals surface area contributed by atoms with Crippen molar-refractivity contribution < 1.29 is 0 Å². The molecule has 0 aromatic heterocycles. The Bertz CT molecular complexity index is 155. The minimum Gasteiger partial charge on any atom is -0.312 e. The summed E-state index contributed by atoms with van der Waals surface area (Å²) in [6.07, 6.45) is 8.50. The SMILES string of the molecule is C#CCCCC(C)C(C)NC(C)C. The Kier molecular flexibility index (Phi) is 6.72. The summed E-state index contributed by atoms with van der Waals surface area (Å²) in [5.74, 6) is 3.40. The third-order valence-corrected chi connectivity index (χ3v) is 2.43. The molecule has 1 heteroatoms. The van der Waals surface area contributed by atoms with Gasteiger partial charge in [-0.3, -0.25) is 0 Å². The second-order valence-corrected chi connectivity index (χ2v) is 4.18. The molecule has 1 N–H and O–H groups in total. The number of rotatable bonds is 6. The summed E-state index contributed by atoms with van der Waals surface area (Å²) < 4.78 is 0. The molecule has 0 saturated carbocycles. The van der Waals surface area contributed by atoms with Gasteiger partial charge in [0.05, 0.1) is 0 Å². The average Bonchev–Trinajstić information content (AvgIpc) is 2.03. The summed E-state index contributed by atoms with van der Waals surface area (Å²) >= 11 is 0. The summed E-state index contributed by atoms with van der Waals surface area (Å²) in [7, 11) is 0.